The van der Waals surface area contributed by atoms with Gasteiger partial charge in [-0.3, -0.25) is 4.99 Å². The molecular weight excluding hydrogens is 294 g/mol. The van der Waals surface area contributed by atoms with Crippen molar-refractivity contribution in [2.75, 3.05) is 20.8 Å². The van der Waals surface area contributed by atoms with Gasteiger partial charge >= 0.3 is 5.97 Å². The Morgan fingerprint density at radius 1 is 1.09 bits per heavy atom. The molecular formula is C18H17NO4. The molecule has 118 valence electrons. The van der Waals surface area contributed by atoms with Crippen molar-refractivity contribution in [2.45, 2.75) is 6.42 Å². The molecule has 23 heavy (non-hydrogen) atoms. The summed E-state index contributed by atoms with van der Waals surface area (Å²) >= 11 is 0. The predicted octanol–water partition coefficient (Wildman–Crippen LogP) is 2.80. The summed E-state index contributed by atoms with van der Waals surface area (Å²) in [4.78, 5) is 16.3. The normalized spacial score (nSPS) is 13.0. The van der Waals surface area contributed by atoms with Gasteiger partial charge in [-0.25, -0.2) is 4.79 Å². The van der Waals surface area contributed by atoms with Crippen LogP contribution in [0.4, 0.5) is 0 Å². The number of aromatic carboxylic acids is 1. The van der Waals surface area contributed by atoms with Crippen LogP contribution in [0.3, 0.4) is 0 Å². The van der Waals surface area contributed by atoms with Gasteiger partial charge in [-0.1, -0.05) is 24.3 Å². The molecule has 0 unspecified atom stereocenters. The number of methoxy groups -OCH3 is 2. The second-order valence-corrected chi connectivity index (χ2v) is 5.20. The number of fused-ring (bicyclic) bond motifs is 1. The fourth-order valence-corrected chi connectivity index (χ4v) is 2.82. The Labute approximate surface area is 134 Å². The highest BCUT2D eigenvalue weighted by Crippen LogP contribution is 2.33. The number of hydrogen-bond acceptors (Lipinski definition) is 4. The highest BCUT2D eigenvalue weighted by atomic mass is 16.5. The van der Waals surface area contributed by atoms with E-state index in [4.69, 9.17) is 9.47 Å². The van der Waals surface area contributed by atoms with Gasteiger partial charge < -0.3 is 14.6 Å². The molecule has 0 radical (unpaired) electrons. The molecule has 5 heteroatoms. The van der Waals surface area contributed by atoms with E-state index in [-0.39, 0.29) is 5.56 Å². The van der Waals surface area contributed by atoms with Crippen LogP contribution in [0.5, 0.6) is 11.5 Å². The summed E-state index contributed by atoms with van der Waals surface area (Å²) in [7, 11) is 3.01. The van der Waals surface area contributed by atoms with Crippen molar-refractivity contribution in [1.29, 1.82) is 0 Å². The van der Waals surface area contributed by atoms with Crippen LogP contribution < -0.4 is 9.47 Å². The molecule has 1 N–H and O–H groups in total. The Morgan fingerprint density at radius 3 is 2.48 bits per heavy atom. The van der Waals surface area contributed by atoms with E-state index in [0.29, 0.717) is 29.3 Å². The first-order valence-electron chi connectivity index (χ1n) is 7.28. The quantitative estimate of drug-likeness (QED) is 0.942. The highest BCUT2D eigenvalue weighted by molar-refractivity contribution is 6.18. The average Bonchev–Trinajstić information content (AvgIpc) is 2.59. The van der Waals surface area contributed by atoms with Gasteiger partial charge in [0, 0.05) is 17.7 Å². The van der Waals surface area contributed by atoms with Gasteiger partial charge in [-0.2, -0.15) is 0 Å². The van der Waals surface area contributed by atoms with Crippen LogP contribution in [-0.2, 0) is 6.42 Å². The molecule has 0 atom stereocenters. The SMILES string of the molecule is COc1cc(C(=O)O)c(C2=NCCc3ccccc32)cc1OC. The Hall–Kier alpha value is -2.82. The van der Waals surface area contributed by atoms with E-state index >= 15 is 0 Å². The van der Waals surface area contributed by atoms with Crippen LogP contribution in [0, 0.1) is 0 Å². The number of rotatable bonds is 4. The number of benzene rings is 2. The van der Waals surface area contributed by atoms with Crippen molar-refractivity contribution in [2.24, 2.45) is 4.99 Å². The van der Waals surface area contributed by atoms with Gasteiger partial charge in [0.2, 0.25) is 0 Å². The number of aliphatic imine (C=N–C) groups is 1. The number of ether oxygens (including phenoxy) is 2. The molecule has 2 aromatic carbocycles. The first-order chi connectivity index (χ1) is 11.2. The van der Waals surface area contributed by atoms with Gasteiger partial charge in [0.1, 0.15) is 0 Å². The van der Waals surface area contributed by atoms with E-state index in [1.54, 1.807) is 6.07 Å². The van der Waals surface area contributed by atoms with Crippen molar-refractivity contribution in [3.63, 3.8) is 0 Å². The zero-order valence-electron chi connectivity index (χ0n) is 13.0. The topological polar surface area (TPSA) is 68.1 Å². The van der Waals surface area contributed by atoms with E-state index < -0.39 is 5.97 Å². The number of carbonyl (C=O) groups is 1. The molecule has 5 nitrogen and oxygen atoms in total. The number of carboxylic acids is 1. The van der Waals surface area contributed by atoms with Crippen LogP contribution in [-0.4, -0.2) is 37.6 Å². The maximum Gasteiger partial charge on any atom is 0.336 e. The van der Waals surface area contributed by atoms with Crippen LogP contribution >= 0.6 is 0 Å². The molecule has 1 heterocycles. The standard InChI is InChI=1S/C18H17NO4/c1-22-15-9-13(14(18(20)21)10-16(15)23-2)17-12-6-4-3-5-11(12)7-8-19-17/h3-6,9-10H,7-8H2,1-2H3,(H,20,21). The molecule has 0 amide bonds. The van der Waals surface area contributed by atoms with Gasteiger partial charge in [0.15, 0.2) is 11.5 Å². The zero-order valence-corrected chi connectivity index (χ0v) is 13.0. The molecule has 0 saturated heterocycles. The third kappa shape index (κ3) is 2.65. The average molecular weight is 311 g/mol. The summed E-state index contributed by atoms with van der Waals surface area (Å²) in [6, 6.07) is 11.1. The number of nitrogens with zero attached hydrogens (tertiary/aromatic N) is 1. The maximum absolute atomic E-state index is 11.7. The first kappa shape index (κ1) is 15.1. The Balaban J connectivity index is 2.23. The lowest BCUT2D eigenvalue weighted by Crippen LogP contribution is -2.17. The van der Waals surface area contributed by atoms with Gasteiger partial charge in [-0.05, 0) is 24.1 Å². The predicted molar refractivity (Wildman–Crippen MR) is 87.2 cm³/mol. The molecule has 2 aromatic rings. The summed E-state index contributed by atoms with van der Waals surface area (Å²) in [6.07, 6.45) is 0.857. The zero-order chi connectivity index (χ0) is 16.4. The van der Waals surface area contributed by atoms with Crippen LogP contribution in [0.2, 0.25) is 0 Å². The lowest BCUT2D eigenvalue weighted by atomic mass is 9.90. The molecule has 1 aliphatic heterocycles. The van der Waals surface area contributed by atoms with Gasteiger partial charge in [0.05, 0.1) is 25.5 Å². The molecule has 0 bridgehead atoms. The van der Waals surface area contributed by atoms with Crippen LogP contribution in [0.15, 0.2) is 41.4 Å². The van der Waals surface area contributed by atoms with E-state index in [1.165, 1.54) is 25.8 Å². The highest BCUT2D eigenvalue weighted by Gasteiger charge is 2.23. The van der Waals surface area contributed by atoms with E-state index in [1.807, 2.05) is 24.3 Å². The summed E-state index contributed by atoms with van der Waals surface area (Å²) in [5, 5.41) is 9.58. The van der Waals surface area contributed by atoms with E-state index in [2.05, 4.69) is 4.99 Å². The first-order valence-corrected chi connectivity index (χ1v) is 7.28. The second-order valence-electron chi connectivity index (χ2n) is 5.20. The van der Waals surface area contributed by atoms with Gasteiger partial charge in [0.25, 0.3) is 0 Å². The summed E-state index contributed by atoms with van der Waals surface area (Å²) in [5.74, 6) is -0.150. The van der Waals surface area contributed by atoms with Gasteiger partial charge in [-0.15, -0.1) is 0 Å². The molecule has 0 saturated carbocycles. The lowest BCUT2D eigenvalue weighted by Gasteiger charge is -2.19. The summed E-state index contributed by atoms with van der Waals surface area (Å²) < 4.78 is 10.5. The Morgan fingerprint density at radius 2 is 1.78 bits per heavy atom. The number of hydrogen-bond donors (Lipinski definition) is 1. The fraction of sp³-hybridized carbons (Fsp3) is 0.222. The lowest BCUT2D eigenvalue weighted by molar-refractivity contribution is 0.0696. The van der Waals surface area contributed by atoms with Crippen molar-refractivity contribution >= 4 is 11.7 Å². The van der Waals surface area contributed by atoms with E-state index in [0.717, 1.165) is 12.0 Å². The second kappa shape index (κ2) is 6.12. The smallest absolute Gasteiger partial charge is 0.336 e. The molecule has 0 spiro atoms. The largest absolute Gasteiger partial charge is 0.493 e. The third-order valence-corrected chi connectivity index (χ3v) is 3.93. The van der Waals surface area contributed by atoms with Crippen LogP contribution in [0.25, 0.3) is 0 Å². The van der Waals surface area contributed by atoms with Crippen molar-refractivity contribution in [1.82, 2.24) is 0 Å². The fourth-order valence-electron chi connectivity index (χ4n) is 2.82. The third-order valence-electron chi connectivity index (χ3n) is 3.93. The van der Waals surface area contributed by atoms with Crippen LogP contribution in [0.1, 0.15) is 27.0 Å². The van der Waals surface area contributed by atoms with Crippen molar-refractivity contribution in [3.05, 3.63) is 58.7 Å². The summed E-state index contributed by atoms with van der Waals surface area (Å²) in [6.45, 7) is 0.639. The summed E-state index contributed by atoms with van der Waals surface area (Å²) in [5.41, 5.74) is 3.52. The van der Waals surface area contributed by atoms with Crippen molar-refractivity contribution in [3.8, 4) is 11.5 Å². The molecule has 0 fully saturated rings. The monoisotopic (exact) mass is 311 g/mol. The Bertz CT molecular complexity index is 796. The Kier molecular flexibility index (Phi) is 4.02. The van der Waals surface area contributed by atoms with E-state index in [9.17, 15) is 9.90 Å². The van der Waals surface area contributed by atoms with Crippen molar-refractivity contribution < 1.29 is 19.4 Å². The molecule has 0 aromatic heterocycles. The minimum atomic E-state index is -1.02. The molecule has 3 rings (SSSR count). The minimum Gasteiger partial charge on any atom is -0.493 e. The maximum atomic E-state index is 11.7. The number of carboxylic acid groups (broad SMARTS) is 1. The minimum absolute atomic E-state index is 0.151. The molecule has 0 aliphatic carbocycles. The molecule has 1 aliphatic rings.